The van der Waals surface area contributed by atoms with E-state index in [1.165, 1.54) is 41.7 Å². The van der Waals surface area contributed by atoms with Crippen molar-refractivity contribution in [1.29, 1.82) is 0 Å². The monoisotopic (exact) mass is 369 g/mol. The fraction of sp³-hybridized carbons (Fsp3) is 0.438. The van der Waals surface area contributed by atoms with E-state index in [1.807, 2.05) is 0 Å². The Hall–Kier alpha value is -1.54. The summed E-state index contributed by atoms with van der Waals surface area (Å²) in [4.78, 5) is 12.2. The Labute approximate surface area is 147 Å². The molecule has 24 heavy (non-hydrogen) atoms. The lowest BCUT2D eigenvalue weighted by atomic mass is 9.89. The second-order valence-corrected chi connectivity index (χ2v) is 7.92. The summed E-state index contributed by atoms with van der Waals surface area (Å²) in [5, 5.41) is 11.2. The zero-order valence-corrected chi connectivity index (χ0v) is 14.6. The van der Waals surface area contributed by atoms with Gasteiger partial charge in [0.1, 0.15) is 11.6 Å². The number of hydrogen-bond acceptors (Lipinski definition) is 5. The van der Waals surface area contributed by atoms with Crippen LogP contribution < -0.4 is 5.32 Å². The minimum absolute atomic E-state index is 0.00646. The Morgan fingerprint density at radius 2 is 2.04 bits per heavy atom. The number of rotatable bonds is 5. The molecule has 2 aromatic rings. The first-order valence-corrected chi connectivity index (χ1v) is 9.63. The van der Waals surface area contributed by atoms with Gasteiger partial charge in [-0.3, -0.25) is 4.79 Å². The third kappa shape index (κ3) is 4.51. The summed E-state index contributed by atoms with van der Waals surface area (Å²) in [7, 11) is 0. The Kier molecular flexibility index (Phi) is 5.78. The van der Waals surface area contributed by atoms with Crippen molar-refractivity contribution in [1.82, 2.24) is 10.2 Å². The van der Waals surface area contributed by atoms with Crippen LogP contribution in [0, 0.1) is 17.6 Å². The number of carbonyl (C=O) groups is 1. The third-order valence-corrected chi connectivity index (χ3v) is 6.00. The molecule has 3 rings (SSSR count). The molecule has 1 aromatic heterocycles. The van der Waals surface area contributed by atoms with Crippen LogP contribution in [-0.2, 0) is 10.5 Å². The molecule has 0 spiro atoms. The first-order valence-electron chi connectivity index (χ1n) is 7.83. The lowest BCUT2D eigenvalue weighted by Gasteiger charge is -2.19. The molecule has 1 heterocycles. The van der Waals surface area contributed by atoms with E-state index in [9.17, 15) is 13.6 Å². The van der Waals surface area contributed by atoms with E-state index in [-0.39, 0.29) is 11.8 Å². The fourth-order valence-electron chi connectivity index (χ4n) is 2.67. The number of aromatic nitrogens is 2. The normalized spacial score (nSPS) is 15.4. The van der Waals surface area contributed by atoms with Crippen LogP contribution in [0.1, 0.15) is 37.7 Å². The van der Waals surface area contributed by atoms with E-state index in [1.54, 1.807) is 0 Å². The van der Waals surface area contributed by atoms with E-state index in [2.05, 4.69) is 15.5 Å². The molecule has 1 amide bonds. The van der Waals surface area contributed by atoms with Crippen molar-refractivity contribution < 1.29 is 13.6 Å². The first kappa shape index (κ1) is 17.3. The molecule has 128 valence electrons. The second-order valence-electron chi connectivity index (χ2n) is 5.72. The van der Waals surface area contributed by atoms with Gasteiger partial charge in [-0.25, -0.2) is 8.78 Å². The largest absolute Gasteiger partial charge is 0.300 e. The van der Waals surface area contributed by atoms with E-state index in [0.717, 1.165) is 31.7 Å². The van der Waals surface area contributed by atoms with Crippen LogP contribution in [0.4, 0.5) is 13.9 Å². The highest BCUT2D eigenvalue weighted by Crippen LogP contribution is 2.30. The minimum atomic E-state index is -0.593. The van der Waals surface area contributed by atoms with Crippen LogP contribution in [0.3, 0.4) is 0 Å². The maximum Gasteiger partial charge on any atom is 0.229 e. The Morgan fingerprint density at radius 3 is 2.79 bits per heavy atom. The van der Waals surface area contributed by atoms with E-state index < -0.39 is 11.6 Å². The van der Waals surface area contributed by atoms with Crippen molar-refractivity contribution in [3.8, 4) is 0 Å². The topological polar surface area (TPSA) is 54.9 Å². The molecular formula is C16H17F2N3OS2. The van der Waals surface area contributed by atoms with E-state index >= 15 is 0 Å². The highest BCUT2D eigenvalue weighted by molar-refractivity contribution is 8.00. The summed E-state index contributed by atoms with van der Waals surface area (Å²) in [6.45, 7) is 0. The number of hydrogen-bond donors (Lipinski definition) is 1. The molecule has 1 aromatic carbocycles. The van der Waals surface area contributed by atoms with Crippen molar-refractivity contribution in [2.24, 2.45) is 5.92 Å². The molecule has 1 saturated carbocycles. The van der Waals surface area contributed by atoms with Gasteiger partial charge in [0.15, 0.2) is 4.34 Å². The van der Waals surface area contributed by atoms with Crippen LogP contribution in [0.5, 0.6) is 0 Å². The van der Waals surface area contributed by atoms with Crippen LogP contribution in [0.15, 0.2) is 22.5 Å². The quantitative estimate of drug-likeness (QED) is 0.617. The summed E-state index contributed by atoms with van der Waals surface area (Å²) in [6, 6.07) is 3.52. The van der Waals surface area contributed by atoms with Gasteiger partial charge in [0.05, 0.1) is 0 Å². The zero-order chi connectivity index (χ0) is 16.9. The van der Waals surface area contributed by atoms with Gasteiger partial charge in [-0.15, -0.1) is 10.2 Å². The number of nitrogens with one attached hydrogen (secondary N) is 1. The number of anilines is 1. The number of carbonyl (C=O) groups excluding carboxylic acids is 1. The number of thioether (sulfide) groups is 1. The molecule has 0 unspecified atom stereocenters. The summed E-state index contributed by atoms with van der Waals surface area (Å²) in [5.41, 5.74) is 0.407. The van der Waals surface area contributed by atoms with Crippen LogP contribution in [-0.4, -0.2) is 16.1 Å². The van der Waals surface area contributed by atoms with Gasteiger partial charge in [-0.2, -0.15) is 0 Å². The first-order chi connectivity index (χ1) is 11.6. The average molecular weight is 369 g/mol. The van der Waals surface area contributed by atoms with Gasteiger partial charge >= 0.3 is 0 Å². The predicted octanol–water partition coefficient (Wildman–Crippen LogP) is 4.63. The maximum absolute atomic E-state index is 13.6. The molecule has 1 aliphatic rings. The van der Waals surface area contributed by atoms with Gasteiger partial charge < -0.3 is 5.32 Å². The standard InChI is InChI=1S/C16H17F2N3OS2/c17-12-7-6-11(13(18)8-12)9-23-16-21-20-15(24-16)19-14(22)10-4-2-1-3-5-10/h6-8,10H,1-5,9H2,(H,19,20,22). The van der Waals surface area contributed by atoms with Gasteiger partial charge in [0, 0.05) is 17.7 Å². The maximum atomic E-state index is 13.6. The van der Waals surface area contributed by atoms with Crippen molar-refractivity contribution in [2.45, 2.75) is 42.2 Å². The number of amides is 1. The predicted molar refractivity (Wildman–Crippen MR) is 91.0 cm³/mol. The smallest absolute Gasteiger partial charge is 0.229 e. The van der Waals surface area contributed by atoms with Crippen molar-refractivity contribution in [3.05, 3.63) is 35.4 Å². The summed E-state index contributed by atoms with van der Waals surface area (Å²) in [6.07, 6.45) is 5.24. The molecule has 0 aliphatic heterocycles. The summed E-state index contributed by atoms with van der Waals surface area (Å²) in [5.74, 6) is -0.765. The molecule has 1 aliphatic carbocycles. The van der Waals surface area contributed by atoms with E-state index in [0.29, 0.717) is 20.8 Å². The molecule has 1 N–H and O–H groups in total. The van der Waals surface area contributed by atoms with Gasteiger partial charge in [-0.05, 0) is 24.5 Å². The number of benzene rings is 1. The van der Waals surface area contributed by atoms with Crippen LogP contribution >= 0.6 is 23.1 Å². The Balaban J connectivity index is 1.54. The van der Waals surface area contributed by atoms with Gasteiger partial charge in [-0.1, -0.05) is 48.4 Å². The van der Waals surface area contributed by atoms with Crippen molar-refractivity contribution >= 4 is 34.1 Å². The molecule has 8 heteroatoms. The Bertz CT molecular complexity index is 717. The highest BCUT2D eigenvalue weighted by atomic mass is 32.2. The number of halogens is 2. The molecule has 0 radical (unpaired) electrons. The van der Waals surface area contributed by atoms with Gasteiger partial charge in [0.25, 0.3) is 0 Å². The zero-order valence-electron chi connectivity index (χ0n) is 12.9. The summed E-state index contributed by atoms with van der Waals surface area (Å²) >= 11 is 2.57. The van der Waals surface area contributed by atoms with Crippen LogP contribution in [0.2, 0.25) is 0 Å². The molecule has 0 bridgehead atoms. The third-order valence-electron chi connectivity index (χ3n) is 3.98. The molecule has 0 saturated heterocycles. The van der Waals surface area contributed by atoms with Crippen molar-refractivity contribution in [3.63, 3.8) is 0 Å². The lowest BCUT2D eigenvalue weighted by Crippen LogP contribution is -2.24. The SMILES string of the molecule is O=C(Nc1nnc(SCc2ccc(F)cc2F)s1)C1CCCCC1. The molecular weight excluding hydrogens is 352 g/mol. The van der Waals surface area contributed by atoms with Crippen LogP contribution in [0.25, 0.3) is 0 Å². The van der Waals surface area contributed by atoms with Crippen molar-refractivity contribution in [2.75, 3.05) is 5.32 Å². The molecule has 0 atom stereocenters. The van der Waals surface area contributed by atoms with Gasteiger partial charge in [0.2, 0.25) is 11.0 Å². The fourth-order valence-corrected chi connectivity index (χ4v) is 4.41. The molecule has 4 nitrogen and oxygen atoms in total. The molecule has 1 fully saturated rings. The highest BCUT2D eigenvalue weighted by Gasteiger charge is 2.22. The second kappa shape index (κ2) is 8.02. The average Bonchev–Trinajstić information content (AvgIpc) is 3.02. The van der Waals surface area contributed by atoms with E-state index in [4.69, 9.17) is 0 Å². The lowest BCUT2D eigenvalue weighted by molar-refractivity contribution is -0.120. The summed E-state index contributed by atoms with van der Waals surface area (Å²) < 4.78 is 27.1. The Morgan fingerprint density at radius 1 is 1.25 bits per heavy atom. The minimum Gasteiger partial charge on any atom is -0.300 e. The number of nitrogens with zero attached hydrogens (tertiary/aromatic N) is 2.